The van der Waals surface area contributed by atoms with Gasteiger partial charge in [0.25, 0.3) is 0 Å². The molecule has 2 saturated heterocycles. The Labute approximate surface area is 198 Å². The van der Waals surface area contributed by atoms with Crippen LogP contribution in [0.3, 0.4) is 0 Å². The van der Waals surface area contributed by atoms with Crippen molar-refractivity contribution in [3.05, 3.63) is 70.8 Å². The van der Waals surface area contributed by atoms with Gasteiger partial charge in [0.1, 0.15) is 0 Å². The van der Waals surface area contributed by atoms with Gasteiger partial charge < -0.3 is 0 Å². The van der Waals surface area contributed by atoms with Gasteiger partial charge in [0.15, 0.2) is 0 Å². The van der Waals surface area contributed by atoms with Gasteiger partial charge in [0.2, 0.25) is 23.6 Å². The number of benzene rings is 2. The van der Waals surface area contributed by atoms with E-state index in [2.05, 4.69) is 0 Å². The molecule has 7 rings (SSSR count). The molecule has 2 unspecified atom stereocenters. The highest BCUT2D eigenvalue weighted by Crippen LogP contribution is 2.58. The number of amides is 4. The number of hydrogen-bond donors (Lipinski definition) is 0. The lowest BCUT2D eigenvalue weighted by Gasteiger charge is -2.44. The zero-order valence-electron chi connectivity index (χ0n) is 19.6. The molecule has 3 fully saturated rings. The topological polar surface area (TPSA) is 74.8 Å². The summed E-state index contributed by atoms with van der Waals surface area (Å²) < 4.78 is 0. The van der Waals surface area contributed by atoms with E-state index in [0.29, 0.717) is 11.4 Å². The van der Waals surface area contributed by atoms with E-state index in [1.165, 1.54) is 9.80 Å². The zero-order chi connectivity index (χ0) is 24.0. The third-order valence-electron chi connectivity index (χ3n) is 7.94. The molecule has 2 heterocycles. The number of rotatable bonds is 2. The summed E-state index contributed by atoms with van der Waals surface area (Å²) in [5.74, 6) is -4.40. The number of carbonyl (C=O) groups excluding carboxylic acids is 4. The van der Waals surface area contributed by atoms with Gasteiger partial charge in [-0.25, -0.2) is 9.80 Å². The molecule has 1 saturated carbocycles. The monoisotopic (exact) mass is 454 g/mol. The number of hydrogen-bond acceptors (Lipinski definition) is 4. The van der Waals surface area contributed by atoms with Gasteiger partial charge in [-0.05, 0) is 74.2 Å². The Bertz CT molecular complexity index is 1160. The fourth-order valence-corrected chi connectivity index (χ4v) is 6.89. The summed E-state index contributed by atoms with van der Waals surface area (Å²) in [7, 11) is 0. The molecule has 4 amide bonds. The largest absolute Gasteiger partial charge is 0.274 e. The van der Waals surface area contributed by atoms with E-state index >= 15 is 0 Å². The first-order valence-corrected chi connectivity index (χ1v) is 11.8. The number of allylic oxidation sites excluding steroid dienone is 2. The average Bonchev–Trinajstić information content (AvgIpc) is 3.19. The lowest BCUT2D eigenvalue weighted by molar-refractivity contribution is -0.137. The lowest BCUT2D eigenvalue weighted by Crippen LogP contribution is -2.50. The van der Waals surface area contributed by atoms with Crippen LogP contribution in [-0.2, 0) is 19.2 Å². The van der Waals surface area contributed by atoms with Crippen LogP contribution in [0, 0.1) is 63.2 Å². The molecular formula is C28H26N2O4. The number of carbonyl (C=O) groups is 4. The molecule has 3 aliphatic carbocycles. The van der Waals surface area contributed by atoms with Crippen LogP contribution < -0.4 is 9.80 Å². The summed E-state index contributed by atoms with van der Waals surface area (Å²) in [6, 6.07) is 11.4. The van der Waals surface area contributed by atoms with Crippen LogP contribution >= 0.6 is 0 Å². The van der Waals surface area contributed by atoms with Crippen molar-refractivity contribution in [2.45, 2.75) is 27.7 Å². The van der Waals surface area contributed by atoms with E-state index in [1.807, 2.05) is 76.2 Å². The van der Waals surface area contributed by atoms with E-state index in [1.54, 1.807) is 0 Å². The minimum absolute atomic E-state index is 0.261. The van der Waals surface area contributed by atoms with E-state index < -0.39 is 35.5 Å². The van der Waals surface area contributed by atoms with Crippen molar-refractivity contribution in [1.82, 2.24) is 0 Å². The Kier molecular flexibility index (Phi) is 4.32. The van der Waals surface area contributed by atoms with Crippen LogP contribution in [0.5, 0.6) is 0 Å². The molecule has 2 aromatic carbocycles. The molecule has 5 aliphatic rings. The SMILES string of the molecule is Cc1cc(C)cc(N2C(=O)[C@@H]3C4C=CC([C@@H]3C2=O)[C@@H]2C(=O)N(c3cc(C)cc(C)c3)C(=O)[C@@H]42)c1. The molecule has 6 atom stereocenters. The Morgan fingerprint density at radius 1 is 0.471 bits per heavy atom. The van der Waals surface area contributed by atoms with Crippen LogP contribution in [-0.4, -0.2) is 23.6 Å². The molecule has 0 N–H and O–H groups in total. The summed E-state index contributed by atoms with van der Waals surface area (Å²) in [6.07, 6.45) is 3.80. The molecular weight excluding hydrogens is 428 g/mol. The Morgan fingerprint density at radius 2 is 0.735 bits per heavy atom. The first-order chi connectivity index (χ1) is 16.2. The normalized spacial score (nSPS) is 31.5. The Balaban J connectivity index is 1.41. The van der Waals surface area contributed by atoms with Gasteiger partial charge in [-0.1, -0.05) is 24.3 Å². The molecule has 172 valence electrons. The van der Waals surface area contributed by atoms with Crippen molar-refractivity contribution in [1.29, 1.82) is 0 Å². The number of aryl methyl sites for hydroxylation is 4. The predicted octanol–water partition coefficient (Wildman–Crippen LogP) is 3.65. The second-order valence-corrected chi connectivity index (χ2v) is 10.4. The first-order valence-electron chi connectivity index (χ1n) is 11.8. The molecule has 0 aromatic heterocycles. The molecule has 6 heteroatoms. The van der Waals surface area contributed by atoms with Crippen LogP contribution in [0.1, 0.15) is 22.3 Å². The summed E-state index contributed by atoms with van der Waals surface area (Å²) >= 11 is 0. The molecule has 0 radical (unpaired) electrons. The van der Waals surface area contributed by atoms with Crippen molar-refractivity contribution in [2.75, 3.05) is 9.80 Å². The van der Waals surface area contributed by atoms with Gasteiger partial charge in [-0.3, -0.25) is 19.2 Å². The summed E-state index contributed by atoms with van der Waals surface area (Å²) in [5, 5.41) is 0. The maximum absolute atomic E-state index is 13.6. The van der Waals surface area contributed by atoms with E-state index in [0.717, 1.165) is 22.3 Å². The van der Waals surface area contributed by atoms with Crippen molar-refractivity contribution >= 4 is 35.0 Å². The van der Waals surface area contributed by atoms with Crippen molar-refractivity contribution in [3.8, 4) is 0 Å². The van der Waals surface area contributed by atoms with Crippen LogP contribution in [0.4, 0.5) is 11.4 Å². The predicted molar refractivity (Wildman–Crippen MR) is 127 cm³/mol. The van der Waals surface area contributed by atoms with Gasteiger partial charge >= 0.3 is 0 Å². The fourth-order valence-electron chi connectivity index (χ4n) is 6.89. The van der Waals surface area contributed by atoms with Gasteiger partial charge in [-0.15, -0.1) is 0 Å². The molecule has 6 nitrogen and oxygen atoms in total. The fraction of sp³-hybridized carbons (Fsp3) is 0.357. The smallest absolute Gasteiger partial charge is 0.238 e. The third-order valence-corrected chi connectivity index (χ3v) is 7.94. The second-order valence-electron chi connectivity index (χ2n) is 10.4. The number of anilines is 2. The standard InChI is InChI=1S/C28H26N2O4/c1-13-7-14(2)10-17(9-13)29-25(31)21-19-5-6-20(22(21)26(29)32)24-23(19)27(33)30(28(24)34)18-11-15(3)8-16(4)12-18/h5-12,19-24H,1-4H3/t19?,20?,21-,22-,23-,24+/m0/s1. The molecule has 2 bridgehead atoms. The van der Waals surface area contributed by atoms with Crippen LogP contribution in [0.2, 0.25) is 0 Å². The summed E-state index contributed by atoms with van der Waals surface area (Å²) in [6.45, 7) is 7.73. The minimum atomic E-state index is -0.611. The summed E-state index contributed by atoms with van der Waals surface area (Å²) in [4.78, 5) is 57.2. The Morgan fingerprint density at radius 3 is 1.00 bits per heavy atom. The van der Waals surface area contributed by atoms with E-state index in [4.69, 9.17) is 0 Å². The molecule has 2 aliphatic heterocycles. The van der Waals surface area contributed by atoms with Gasteiger partial charge in [0.05, 0.1) is 35.0 Å². The van der Waals surface area contributed by atoms with E-state index in [-0.39, 0.29) is 23.6 Å². The lowest BCUT2D eigenvalue weighted by atomic mass is 9.54. The quantitative estimate of drug-likeness (QED) is 0.513. The van der Waals surface area contributed by atoms with Crippen LogP contribution in [0.15, 0.2) is 48.6 Å². The second kappa shape index (κ2) is 6.98. The van der Waals surface area contributed by atoms with Gasteiger partial charge in [-0.2, -0.15) is 0 Å². The minimum Gasteiger partial charge on any atom is -0.274 e. The first kappa shape index (κ1) is 21.0. The zero-order valence-corrected chi connectivity index (χ0v) is 19.6. The molecule has 0 spiro atoms. The molecule has 34 heavy (non-hydrogen) atoms. The van der Waals surface area contributed by atoms with Gasteiger partial charge in [0, 0.05) is 11.8 Å². The van der Waals surface area contributed by atoms with Crippen molar-refractivity contribution < 1.29 is 19.2 Å². The highest BCUT2D eigenvalue weighted by molar-refractivity contribution is 6.26. The maximum Gasteiger partial charge on any atom is 0.238 e. The third kappa shape index (κ3) is 2.68. The average molecular weight is 455 g/mol. The maximum atomic E-state index is 13.6. The molecule has 2 aromatic rings. The van der Waals surface area contributed by atoms with Crippen LogP contribution in [0.25, 0.3) is 0 Å². The van der Waals surface area contributed by atoms with E-state index in [9.17, 15) is 19.2 Å². The van der Waals surface area contributed by atoms with Crippen molar-refractivity contribution in [3.63, 3.8) is 0 Å². The van der Waals surface area contributed by atoms with Crippen molar-refractivity contribution in [2.24, 2.45) is 35.5 Å². The highest BCUT2D eigenvalue weighted by atomic mass is 16.2. The number of imide groups is 2. The summed E-state index contributed by atoms with van der Waals surface area (Å²) in [5.41, 5.74) is 5.02. The number of nitrogens with zero attached hydrogens (tertiary/aromatic N) is 2. The highest BCUT2D eigenvalue weighted by Gasteiger charge is 2.68. The Hall–Kier alpha value is -3.54.